The van der Waals surface area contributed by atoms with Crippen molar-refractivity contribution in [3.8, 4) is 0 Å². The summed E-state index contributed by atoms with van der Waals surface area (Å²) in [7, 11) is 1.36. The molecule has 0 spiro atoms. The Bertz CT molecular complexity index is 353. The van der Waals surface area contributed by atoms with Gasteiger partial charge in [-0.1, -0.05) is 30.3 Å². The molecule has 0 saturated heterocycles. The van der Waals surface area contributed by atoms with Crippen LogP contribution in [0.3, 0.4) is 0 Å². The maximum atomic E-state index is 12.0. The molecule has 1 aromatic carbocycles. The van der Waals surface area contributed by atoms with E-state index in [9.17, 15) is 4.79 Å². The Morgan fingerprint density at radius 1 is 1.35 bits per heavy atom. The highest BCUT2D eigenvalue weighted by atomic mass is 16.5. The first-order valence-electron chi connectivity index (χ1n) is 5.63. The molecule has 4 heteroatoms. The summed E-state index contributed by atoms with van der Waals surface area (Å²) >= 11 is 0. The molecule has 2 N–H and O–H groups in total. The Morgan fingerprint density at radius 3 is 2.47 bits per heavy atom. The number of rotatable bonds is 6. The lowest BCUT2D eigenvalue weighted by Crippen LogP contribution is -2.47. The van der Waals surface area contributed by atoms with Crippen molar-refractivity contribution in [2.24, 2.45) is 5.73 Å². The van der Waals surface area contributed by atoms with Gasteiger partial charge in [-0.05, 0) is 12.5 Å². The largest absolute Gasteiger partial charge is 0.468 e. The third kappa shape index (κ3) is 2.84. The van der Waals surface area contributed by atoms with Crippen LogP contribution in [0.4, 0.5) is 0 Å². The number of hydrogen-bond acceptors (Lipinski definition) is 4. The molecular formula is C13H19NO3. The van der Waals surface area contributed by atoms with Crippen molar-refractivity contribution in [2.45, 2.75) is 12.3 Å². The van der Waals surface area contributed by atoms with Crippen molar-refractivity contribution >= 4 is 5.97 Å². The summed E-state index contributed by atoms with van der Waals surface area (Å²) in [4.78, 5) is 12.0. The molecule has 1 rings (SSSR count). The van der Waals surface area contributed by atoms with Crippen LogP contribution in [-0.2, 0) is 19.7 Å². The molecule has 1 aromatic rings. The van der Waals surface area contributed by atoms with Gasteiger partial charge in [-0.15, -0.1) is 0 Å². The third-order valence-electron chi connectivity index (χ3n) is 2.80. The van der Waals surface area contributed by atoms with E-state index < -0.39 is 5.41 Å². The van der Waals surface area contributed by atoms with Crippen molar-refractivity contribution in [1.29, 1.82) is 0 Å². The third-order valence-corrected chi connectivity index (χ3v) is 2.80. The van der Waals surface area contributed by atoms with Crippen LogP contribution in [0.1, 0.15) is 12.5 Å². The number of carbonyl (C=O) groups is 1. The zero-order valence-corrected chi connectivity index (χ0v) is 10.3. The van der Waals surface area contributed by atoms with Gasteiger partial charge in [-0.2, -0.15) is 0 Å². The van der Waals surface area contributed by atoms with Crippen molar-refractivity contribution in [3.05, 3.63) is 35.9 Å². The minimum Gasteiger partial charge on any atom is -0.468 e. The Hall–Kier alpha value is -1.39. The highest BCUT2D eigenvalue weighted by molar-refractivity contribution is 5.83. The van der Waals surface area contributed by atoms with E-state index in [0.717, 1.165) is 5.56 Å². The van der Waals surface area contributed by atoms with E-state index in [1.165, 1.54) is 7.11 Å². The molecule has 0 aliphatic heterocycles. The average molecular weight is 237 g/mol. The molecule has 0 aliphatic carbocycles. The van der Waals surface area contributed by atoms with E-state index in [0.29, 0.717) is 6.61 Å². The molecule has 0 fully saturated rings. The second-order valence-corrected chi connectivity index (χ2v) is 3.78. The first-order chi connectivity index (χ1) is 8.21. The fourth-order valence-electron chi connectivity index (χ4n) is 1.75. The van der Waals surface area contributed by atoms with Crippen LogP contribution in [0.25, 0.3) is 0 Å². The molecule has 0 aromatic heterocycles. The Morgan fingerprint density at radius 2 is 2.00 bits per heavy atom. The monoisotopic (exact) mass is 237 g/mol. The summed E-state index contributed by atoms with van der Waals surface area (Å²) < 4.78 is 10.2. The molecule has 4 nitrogen and oxygen atoms in total. The van der Waals surface area contributed by atoms with E-state index in [-0.39, 0.29) is 19.1 Å². The summed E-state index contributed by atoms with van der Waals surface area (Å²) in [5.41, 5.74) is 5.69. The fraction of sp³-hybridized carbons (Fsp3) is 0.462. The zero-order valence-electron chi connectivity index (χ0n) is 10.3. The van der Waals surface area contributed by atoms with Gasteiger partial charge in [-0.25, -0.2) is 0 Å². The average Bonchev–Trinajstić information content (AvgIpc) is 2.41. The molecule has 0 amide bonds. The fourth-order valence-corrected chi connectivity index (χ4v) is 1.75. The second-order valence-electron chi connectivity index (χ2n) is 3.78. The number of ether oxygens (including phenoxy) is 2. The summed E-state index contributed by atoms with van der Waals surface area (Å²) in [5.74, 6) is -0.361. The van der Waals surface area contributed by atoms with Crippen LogP contribution >= 0.6 is 0 Å². The topological polar surface area (TPSA) is 61.5 Å². The van der Waals surface area contributed by atoms with Gasteiger partial charge >= 0.3 is 5.97 Å². The van der Waals surface area contributed by atoms with Crippen molar-refractivity contribution < 1.29 is 14.3 Å². The van der Waals surface area contributed by atoms with Crippen molar-refractivity contribution in [3.63, 3.8) is 0 Å². The van der Waals surface area contributed by atoms with Crippen LogP contribution in [0, 0.1) is 0 Å². The molecule has 0 heterocycles. The van der Waals surface area contributed by atoms with E-state index >= 15 is 0 Å². The Balaban J connectivity index is 3.11. The molecule has 0 bridgehead atoms. The molecule has 17 heavy (non-hydrogen) atoms. The highest BCUT2D eigenvalue weighted by Crippen LogP contribution is 2.25. The smallest absolute Gasteiger partial charge is 0.319 e. The van der Waals surface area contributed by atoms with Gasteiger partial charge in [0.2, 0.25) is 0 Å². The van der Waals surface area contributed by atoms with Gasteiger partial charge in [0.15, 0.2) is 0 Å². The van der Waals surface area contributed by atoms with E-state index in [1.54, 1.807) is 0 Å². The predicted molar refractivity (Wildman–Crippen MR) is 65.7 cm³/mol. The summed E-state index contributed by atoms with van der Waals surface area (Å²) in [6.45, 7) is 2.80. The van der Waals surface area contributed by atoms with Gasteiger partial charge in [0.1, 0.15) is 5.41 Å². The number of methoxy groups -OCH3 is 1. The van der Waals surface area contributed by atoms with Crippen LogP contribution in [0.15, 0.2) is 30.3 Å². The quantitative estimate of drug-likeness (QED) is 0.752. The Kier molecular flexibility index (Phi) is 5.12. The van der Waals surface area contributed by atoms with Crippen molar-refractivity contribution in [2.75, 3.05) is 26.9 Å². The van der Waals surface area contributed by atoms with Gasteiger partial charge in [0, 0.05) is 13.2 Å². The zero-order chi connectivity index (χ0) is 12.7. The lowest BCUT2D eigenvalue weighted by Gasteiger charge is -2.29. The van der Waals surface area contributed by atoms with E-state index in [4.69, 9.17) is 15.2 Å². The molecule has 0 saturated carbocycles. The first kappa shape index (κ1) is 13.7. The Labute approximate surface area is 102 Å². The van der Waals surface area contributed by atoms with Crippen LogP contribution in [-0.4, -0.2) is 32.8 Å². The first-order valence-corrected chi connectivity index (χ1v) is 5.63. The molecule has 94 valence electrons. The van der Waals surface area contributed by atoms with Gasteiger partial charge in [0.25, 0.3) is 0 Å². The SMILES string of the molecule is CCOCC(CN)(C(=O)OC)c1ccccc1. The number of hydrogen-bond donors (Lipinski definition) is 1. The van der Waals surface area contributed by atoms with E-state index in [1.807, 2.05) is 37.3 Å². The maximum Gasteiger partial charge on any atom is 0.319 e. The summed E-state index contributed by atoms with van der Waals surface area (Å²) in [6, 6.07) is 9.36. The second kappa shape index (κ2) is 6.37. The van der Waals surface area contributed by atoms with Gasteiger partial charge < -0.3 is 15.2 Å². The highest BCUT2D eigenvalue weighted by Gasteiger charge is 2.40. The standard InChI is InChI=1S/C13H19NO3/c1-3-17-10-13(9-14,12(15)16-2)11-7-5-4-6-8-11/h4-8H,3,9-10,14H2,1-2H3. The minimum absolute atomic E-state index is 0.156. The number of carbonyl (C=O) groups excluding carboxylic acids is 1. The van der Waals surface area contributed by atoms with Crippen LogP contribution < -0.4 is 5.73 Å². The lowest BCUT2D eigenvalue weighted by atomic mass is 9.81. The van der Waals surface area contributed by atoms with Gasteiger partial charge in [-0.3, -0.25) is 4.79 Å². The van der Waals surface area contributed by atoms with Gasteiger partial charge in [0.05, 0.1) is 13.7 Å². The normalized spacial score (nSPS) is 14.1. The summed E-state index contributed by atoms with van der Waals surface area (Å²) in [5, 5.41) is 0. The van der Waals surface area contributed by atoms with E-state index in [2.05, 4.69) is 0 Å². The van der Waals surface area contributed by atoms with Crippen LogP contribution in [0.5, 0.6) is 0 Å². The van der Waals surface area contributed by atoms with Crippen molar-refractivity contribution in [1.82, 2.24) is 0 Å². The number of esters is 1. The molecule has 1 unspecified atom stereocenters. The molecule has 1 atom stereocenters. The summed E-state index contributed by atoms with van der Waals surface area (Å²) in [6.07, 6.45) is 0. The minimum atomic E-state index is -0.911. The predicted octanol–water partition coefficient (Wildman–Crippen LogP) is 1.09. The van der Waals surface area contributed by atoms with Crippen LogP contribution in [0.2, 0.25) is 0 Å². The molecule has 0 radical (unpaired) electrons. The molecular weight excluding hydrogens is 218 g/mol. The number of benzene rings is 1. The lowest BCUT2D eigenvalue weighted by molar-refractivity contribution is -0.149. The maximum absolute atomic E-state index is 12.0. The number of nitrogens with two attached hydrogens (primary N) is 1. The molecule has 0 aliphatic rings.